The number of phenolic OH excluding ortho intramolecular Hbond substituents is 1. The Bertz CT molecular complexity index is 1120. The number of rotatable bonds is 5. The van der Waals surface area contributed by atoms with Crippen molar-refractivity contribution in [3.05, 3.63) is 58.6 Å². The molecule has 0 aromatic heterocycles. The first-order chi connectivity index (χ1) is 15.4. The second-order valence-corrected chi connectivity index (χ2v) is 8.78. The molecule has 2 fully saturated rings. The summed E-state index contributed by atoms with van der Waals surface area (Å²) in [7, 11) is 1.51. The van der Waals surface area contributed by atoms with Gasteiger partial charge in [-0.3, -0.25) is 24.6 Å². The zero-order valence-corrected chi connectivity index (χ0v) is 18.1. The van der Waals surface area contributed by atoms with Crippen LogP contribution < -0.4 is 10.6 Å². The minimum atomic E-state index is -1.39. The zero-order valence-electron chi connectivity index (χ0n) is 17.3. The molecule has 0 aliphatic carbocycles. The quantitative estimate of drug-likeness (QED) is 0.592. The molecule has 4 unspecified atom stereocenters. The lowest BCUT2D eigenvalue weighted by molar-refractivity contribution is -0.143. The van der Waals surface area contributed by atoms with Gasteiger partial charge in [-0.05, 0) is 30.2 Å². The maximum atomic E-state index is 13.5. The molecule has 3 aliphatic heterocycles. The van der Waals surface area contributed by atoms with Crippen LogP contribution in [-0.4, -0.2) is 54.0 Å². The normalized spacial score (nSPS) is 28.4. The molecular weight excluding hydrogens is 434 g/mol. The fourth-order valence-electron chi connectivity index (χ4n) is 5.32. The van der Waals surface area contributed by atoms with E-state index in [1.54, 1.807) is 42.5 Å². The van der Waals surface area contributed by atoms with Gasteiger partial charge in [0, 0.05) is 18.7 Å². The number of likely N-dealkylation sites (tertiary alicyclic amines) is 1. The summed E-state index contributed by atoms with van der Waals surface area (Å²) in [5.41, 5.74) is 0.525. The van der Waals surface area contributed by atoms with Crippen LogP contribution in [0.15, 0.2) is 42.5 Å². The van der Waals surface area contributed by atoms with Crippen LogP contribution >= 0.6 is 11.6 Å². The first-order valence-corrected chi connectivity index (χ1v) is 10.8. The minimum Gasteiger partial charge on any atom is -0.508 e. The molecular formula is C23H22ClN3O5. The number of amides is 3. The number of methoxy groups -OCH3 is 1. The Labute approximate surface area is 189 Å². The molecule has 0 radical (unpaired) electrons. The topological polar surface area (TPSA) is 108 Å². The van der Waals surface area contributed by atoms with Crippen molar-refractivity contribution in [3.8, 4) is 5.75 Å². The Morgan fingerprint density at radius 3 is 2.59 bits per heavy atom. The maximum absolute atomic E-state index is 13.5. The number of fused-ring (bicyclic) bond motifs is 4. The molecule has 3 N–H and O–H groups in total. The van der Waals surface area contributed by atoms with Gasteiger partial charge in [-0.15, -0.1) is 0 Å². The van der Waals surface area contributed by atoms with Gasteiger partial charge < -0.3 is 15.2 Å². The number of anilines is 1. The lowest BCUT2D eigenvalue weighted by atomic mass is 9.76. The lowest BCUT2D eigenvalue weighted by Gasteiger charge is -2.29. The molecule has 4 atom stereocenters. The molecule has 3 heterocycles. The highest BCUT2D eigenvalue weighted by Gasteiger charge is 2.70. The molecule has 1 spiro atoms. The van der Waals surface area contributed by atoms with Gasteiger partial charge in [-0.1, -0.05) is 35.9 Å². The van der Waals surface area contributed by atoms with Crippen LogP contribution in [0.25, 0.3) is 0 Å². The fraction of sp³-hybridized carbons (Fsp3) is 0.348. The van der Waals surface area contributed by atoms with Crippen LogP contribution in [0.2, 0.25) is 5.02 Å². The summed E-state index contributed by atoms with van der Waals surface area (Å²) in [5.74, 6) is -2.57. The summed E-state index contributed by atoms with van der Waals surface area (Å²) in [6.07, 6.45) is 0.406. The fourth-order valence-corrected chi connectivity index (χ4v) is 5.54. The predicted molar refractivity (Wildman–Crippen MR) is 116 cm³/mol. The first-order valence-electron chi connectivity index (χ1n) is 10.4. The van der Waals surface area contributed by atoms with Crippen molar-refractivity contribution in [3.63, 3.8) is 0 Å². The number of hydrogen-bond acceptors (Lipinski definition) is 6. The van der Waals surface area contributed by atoms with Gasteiger partial charge in [0.2, 0.25) is 17.7 Å². The van der Waals surface area contributed by atoms with Crippen molar-refractivity contribution in [1.29, 1.82) is 0 Å². The Balaban J connectivity index is 1.61. The van der Waals surface area contributed by atoms with Gasteiger partial charge in [-0.2, -0.15) is 0 Å². The number of carbonyl (C=O) groups is 3. The third kappa shape index (κ3) is 2.87. The Morgan fingerprint density at radius 2 is 1.88 bits per heavy atom. The predicted octanol–water partition coefficient (Wildman–Crippen LogP) is 1.66. The average molecular weight is 456 g/mol. The second kappa shape index (κ2) is 7.58. The number of benzene rings is 2. The van der Waals surface area contributed by atoms with Crippen molar-refractivity contribution in [2.24, 2.45) is 11.8 Å². The van der Waals surface area contributed by atoms with E-state index in [9.17, 15) is 19.5 Å². The highest BCUT2D eigenvalue weighted by Crippen LogP contribution is 2.54. The third-order valence-corrected chi connectivity index (χ3v) is 7.02. The summed E-state index contributed by atoms with van der Waals surface area (Å²) in [4.78, 5) is 41.5. The van der Waals surface area contributed by atoms with Crippen molar-refractivity contribution >= 4 is 35.0 Å². The van der Waals surface area contributed by atoms with Crippen molar-refractivity contribution in [2.75, 3.05) is 25.6 Å². The van der Waals surface area contributed by atoms with Gasteiger partial charge in [0.1, 0.15) is 11.3 Å². The molecule has 3 amide bonds. The Kier molecular flexibility index (Phi) is 4.96. The van der Waals surface area contributed by atoms with Gasteiger partial charge in [0.25, 0.3) is 0 Å². The van der Waals surface area contributed by atoms with Crippen LogP contribution in [0.5, 0.6) is 5.75 Å². The largest absolute Gasteiger partial charge is 0.508 e. The average Bonchev–Trinajstić information content (AvgIpc) is 3.35. The molecule has 3 aliphatic rings. The zero-order chi connectivity index (χ0) is 22.6. The van der Waals surface area contributed by atoms with E-state index in [0.717, 1.165) is 5.56 Å². The van der Waals surface area contributed by atoms with E-state index in [1.165, 1.54) is 12.0 Å². The summed E-state index contributed by atoms with van der Waals surface area (Å²) < 4.78 is 5.08. The molecule has 5 rings (SSSR count). The van der Waals surface area contributed by atoms with Gasteiger partial charge in [0.05, 0.1) is 35.7 Å². The highest BCUT2D eigenvalue weighted by atomic mass is 35.5. The molecule has 2 saturated heterocycles. The van der Waals surface area contributed by atoms with Crippen molar-refractivity contribution in [1.82, 2.24) is 10.2 Å². The second-order valence-electron chi connectivity index (χ2n) is 8.37. The Morgan fingerprint density at radius 1 is 1.12 bits per heavy atom. The van der Waals surface area contributed by atoms with Crippen LogP contribution in [-0.2, 0) is 31.1 Å². The van der Waals surface area contributed by atoms with Gasteiger partial charge in [-0.25, -0.2) is 0 Å². The molecule has 8 nitrogen and oxygen atoms in total. The van der Waals surface area contributed by atoms with E-state index in [1.807, 2.05) is 0 Å². The molecule has 2 aromatic carbocycles. The van der Waals surface area contributed by atoms with Crippen molar-refractivity contribution in [2.45, 2.75) is 18.0 Å². The lowest BCUT2D eigenvalue weighted by Crippen LogP contribution is -2.53. The third-order valence-electron chi connectivity index (χ3n) is 6.70. The first kappa shape index (κ1) is 20.9. The summed E-state index contributed by atoms with van der Waals surface area (Å²) >= 11 is 6.34. The summed E-state index contributed by atoms with van der Waals surface area (Å²) in [6.45, 7) is 0.349. The Hall–Kier alpha value is -2.94. The van der Waals surface area contributed by atoms with E-state index >= 15 is 0 Å². The number of phenols is 1. The number of nitrogens with one attached hydrogen (secondary N) is 2. The SMILES string of the molecule is COCCN1C(=O)C2C(Cc3ccc(O)cc3)NC3(C(=O)Nc4c(Cl)cccc43)C2C1=O. The highest BCUT2D eigenvalue weighted by molar-refractivity contribution is 6.35. The summed E-state index contributed by atoms with van der Waals surface area (Å²) in [6, 6.07) is 11.4. The van der Waals surface area contributed by atoms with Crippen LogP contribution in [0, 0.1) is 11.8 Å². The molecule has 2 aromatic rings. The maximum Gasteiger partial charge on any atom is 0.250 e. The van der Waals surface area contributed by atoms with E-state index in [0.29, 0.717) is 22.7 Å². The van der Waals surface area contributed by atoms with Gasteiger partial charge in [0.15, 0.2) is 0 Å². The van der Waals surface area contributed by atoms with E-state index in [-0.39, 0.29) is 30.7 Å². The number of nitrogens with zero attached hydrogens (tertiary/aromatic N) is 1. The number of para-hydroxylation sites is 1. The van der Waals surface area contributed by atoms with Crippen LogP contribution in [0.3, 0.4) is 0 Å². The molecule has 0 bridgehead atoms. The smallest absolute Gasteiger partial charge is 0.250 e. The molecule has 9 heteroatoms. The summed E-state index contributed by atoms with van der Waals surface area (Å²) in [5, 5.41) is 16.2. The molecule has 0 saturated carbocycles. The van der Waals surface area contributed by atoms with Crippen LogP contribution in [0.4, 0.5) is 5.69 Å². The molecule has 166 valence electrons. The van der Waals surface area contributed by atoms with E-state index < -0.39 is 29.3 Å². The van der Waals surface area contributed by atoms with Crippen molar-refractivity contribution < 1.29 is 24.2 Å². The number of halogens is 1. The van der Waals surface area contributed by atoms with E-state index in [4.69, 9.17) is 16.3 Å². The molecule has 32 heavy (non-hydrogen) atoms. The minimum absolute atomic E-state index is 0.132. The number of imide groups is 1. The standard InChI is InChI=1S/C23H22ClN3O5/c1-32-10-9-27-20(29)17-16(11-12-5-7-13(28)8-6-12)26-23(18(17)21(27)30)14-3-2-4-15(24)19(14)25-22(23)31/h2-8,16-18,26,28H,9-11H2,1H3,(H,25,31). The van der Waals surface area contributed by atoms with Gasteiger partial charge >= 0.3 is 0 Å². The number of aromatic hydroxyl groups is 1. The number of ether oxygens (including phenoxy) is 1. The monoisotopic (exact) mass is 455 g/mol. The number of hydrogen-bond donors (Lipinski definition) is 3. The number of carbonyl (C=O) groups excluding carboxylic acids is 3. The van der Waals surface area contributed by atoms with E-state index in [2.05, 4.69) is 10.6 Å². The van der Waals surface area contributed by atoms with Crippen LogP contribution in [0.1, 0.15) is 11.1 Å².